The number of rotatable bonds is 4. The molecule has 5 rings (SSSR count). The molecule has 2 aliphatic carbocycles. The molecule has 3 atom stereocenters. The Kier molecular flexibility index (Phi) is 5.79. The quantitative estimate of drug-likeness (QED) is 0.568. The monoisotopic (exact) mass is 431 g/mol. The molecule has 2 aromatic rings. The molecule has 0 amide bonds. The first-order valence-corrected chi connectivity index (χ1v) is 12.3. The van der Waals surface area contributed by atoms with Crippen LogP contribution in [0.15, 0.2) is 54.6 Å². The SMILES string of the molecule is O=C(O)c1ccccc1N1C(c2ccccc2)CC2(C3CCCCCC3)C(=O)CCCC12. The molecular weight excluding hydrogens is 398 g/mol. The Balaban J connectivity index is 1.68. The van der Waals surface area contributed by atoms with E-state index < -0.39 is 5.97 Å². The number of hydrogen-bond donors (Lipinski definition) is 1. The van der Waals surface area contributed by atoms with E-state index in [2.05, 4.69) is 29.2 Å². The number of benzene rings is 2. The second kappa shape index (κ2) is 8.73. The van der Waals surface area contributed by atoms with Crippen LogP contribution in [0.5, 0.6) is 0 Å². The number of para-hydroxylation sites is 1. The molecule has 3 aliphatic rings. The molecule has 2 aromatic carbocycles. The second-order valence-electron chi connectivity index (χ2n) is 9.92. The molecule has 168 valence electrons. The third-order valence-corrected chi connectivity index (χ3v) is 8.38. The highest BCUT2D eigenvalue weighted by atomic mass is 16.4. The number of ketones is 1. The van der Waals surface area contributed by atoms with Gasteiger partial charge in [-0.25, -0.2) is 4.79 Å². The lowest BCUT2D eigenvalue weighted by Crippen LogP contribution is -2.52. The molecule has 2 saturated carbocycles. The molecule has 3 unspecified atom stereocenters. The summed E-state index contributed by atoms with van der Waals surface area (Å²) in [5.41, 5.74) is 1.92. The topological polar surface area (TPSA) is 57.6 Å². The highest BCUT2D eigenvalue weighted by Crippen LogP contribution is 2.60. The van der Waals surface area contributed by atoms with E-state index in [0.717, 1.165) is 37.8 Å². The van der Waals surface area contributed by atoms with Gasteiger partial charge in [-0.2, -0.15) is 0 Å². The standard InChI is InChI=1S/C28H33NO3/c30-26-18-10-17-25-28(26,21-13-6-1-2-7-14-21)19-24(20-11-4-3-5-12-20)29(25)23-16-9-8-15-22(23)27(31)32/h3-5,8-9,11-12,15-16,21,24-25H,1-2,6-7,10,13-14,17-19H2,(H,31,32). The number of anilines is 1. The summed E-state index contributed by atoms with van der Waals surface area (Å²) >= 11 is 0. The van der Waals surface area contributed by atoms with Crippen molar-refractivity contribution in [2.45, 2.75) is 76.3 Å². The molecule has 1 N–H and O–H groups in total. The number of nitrogens with zero attached hydrogens (tertiary/aromatic N) is 1. The van der Waals surface area contributed by atoms with Gasteiger partial charge in [0.25, 0.3) is 0 Å². The maximum Gasteiger partial charge on any atom is 0.337 e. The predicted octanol–water partition coefficient (Wildman–Crippen LogP) is 6.41. The molecule has 1 aliphatic heterocycles. The van der Waals surface area contributed by atoms with Gasteiger partial charge < -0.3 is 10.0 Å². The first kappa shape index (κ1) is 21.2. The van der Waals surface area contributed by atoms with E-state index in [0.29, 0.717) is 23.7 Å². The van der Waals surface area contributed by atoms with Crippen LogP contribution in [0.3, 0.4) is 0 Å². The zero-order valence-electron chi connectivity index (χ0n) is 18.7. The highest BCUT2D eigenvalue weighted by Gasteiger charge is 2.61. The summed E-state index contributed by atoms with van der Waals surface area (Å²) in [4.78, 5) is 28.4. The normalized spacial score (nSPS) is 28.9. The third-order valence-electron chi connectivity index (χ3n) is 8.38. The molecular formula is C28H33NO3. The number of carbonyl (C=O) groups excluding carboxylic acids is 1. The molecule has 0 aromatic heterocycles. The van der Waals surface area contributed by atoms with Crippen LogP contribution in [0.2, 0.25) is 0 Å². The number of carboxylic acids is 1. The van der Waals surface area contributed by atoms with Gasteiger partial charge >= 0.3 is 5.97 Å². The average molecular weight is 432 g/mol. The fourth-order valence-electron chi connectivity index (χ4n) is 7.03. The van der Waals surface area contributed by atoms with Crippen molar-refractivity contribution in [3.8, 4) is 0 Å². The van der Waals surface area contributed by atoms with E-state index in [1.807, 2.05) is 18.2 Å². The fourth-order valence-corrected chi connectivity index (χ4v) is 7.03. The second-order valence-corrected chi connectivity index (χ2v) is 9.92. The minimum absolute atomic E-state index is 0.0204. The summed E-state index contributed by atoms with van der Waals surface area (Å²) < 4.78 is 0. The lowest BCUT2D eigenvalue weighted by atomic mass is 9.59. The van der Waals surface area contributed by atoms with Crippen LogP contribution in [-0.2, 0) is 4.79 Å². The van der Waals surface area contributed by atoms with Gasteiger partial charge in [0.1, 0.15) is 5.78 Å². The van der Waals surface area contributed by atoms with Crippen molar-refractivity contribution in [3.05, 3.63) is 65.7 Å². The summed E-state index contributed by atoms with van der Waals surface area (Å²) in [6.07, 6.45) is 10.5. The molecule has 1 heterocycles. The van der Waals surface area contributed by atoms with Gasteiger partial charge in [-0.1, -0.05) is 68.1 Å². The molecule has 0 radical (unpaired) electrons. The molecule has 0 spiro atoms. The predicted molar refractivity (Wildman–Crippen MR) is 126 cm³/mol. The first-order valence-electron chi connectivity index (χ1n) is 12.3. The van der Waals surface area contributed by atoms with Gasteiger partial charge in [0.05, 0.1) is 22.7 Å². The van der Waals surface area contributed by atoms with Gasteiger partial charge in [0, 0.05) is 12.5 Å². The first-order chi connectivity index (χ1) is 15.6. The fraction of sp³-hybridized carbons (Fsp3) is 0.500. The highest BCUT2D eigenvalue weighted by molar-refractivity contribution is 5.96. The average Bonchev–Trinajstić information content (AvgIpc) is 2.95. The lowest BCUT2D eigenvalue weighted by molar-refractivity contribution is -0.135. The van der Waals surface area contributed by atoms with Crippen LogP contribution < -0.4 is 4.90 Å². The minimum atomic E-state index is -0.901. The summed E-state index contributed by atoms with van der Waals surface area (Å²) in [5, 5.41) is 9.99. The van der Waals surface area contributed by atoms with Gasteiger partial charge in [-0.15, -0.1) is 0 Å². The lowest BCUT2D eigenvalue weighted by Gasteiger charge is -2.46. The van der Waals surface area contributed by atoms with Crippen LogP contribution in [0.1, 0.15) is 86.2 Å². The van der Waals surface area contributed by atoms with Crippen LogP contribution in [0.25, 0.3) is 0 Å². The number of fused-ring (bicyclic) bond motifs is 1. The number of carboxylic acid groups (broad SMARTS) is 1. The molecule has 1 saturated heterocycles. The molecule has 4 nitrogen and oxygen atoms in total. The third kappa shape index (κ3) is 3.44. The number of hydrogen-bond acceptors (Lipinski definition) is 3. The number of Topliss-reactive ketones (excluding diaryl/α,β-unsaturated/α-hetero) is 1. The summed E-state index contributed by atoms with van der Waals surface area (Å²) in [6, 6.07) is 17.9. The van der Waals surface area contributed by atoms with E-state index >= 15 is 0 Å². The van der Waals surface area contributed by atoms with Crippen molar-refractivity contribution < 1.29 is 14.7 Å². The van der Waals surface area contributed by atoms with Gasteiger partial charge in [-0.05, 0) is 55.7 Å². The van der Waals surface area contributed by atoms with Crippen molar-refractivity contribution in [2.75, 3.05) is 4.90 Å². The van der Waals surface area contributed by atoms with Crippen molar-refractivity contribution in [1.82, 2.24) is 0 Å². The Morgan fingerprint density at radius 1 is 0.875 bits per heavy atom. The van der Waals surface area contributed by atoms with Gasteiger partial charge in [-0.3, -0.25) is 4.79 Å². The maximum absolute atomic E-state index is 13.8. The van der Waals surface area contributed by atoms with Crippen LogP contribution in [-0.4, -0.2) is 22.9 Å². The Bertz CT molecular complexity index is 979. The van der Waals surface area contributed by atoms with Crippen LogP contribution >= 0.6 is 0 Å². The van der Waals surface area contributed by atoms with Crippen LogP contribution in [0.4, 0.5) is 5.69 Å². The van der Waals surface area contributed by atoms with E-state index in [1.165, 1.54) is 31.2 Å². The van der Waals surface area contributed by atoms with E-state index in [9.17, 15) is 14.7 Å². The van der Waals surface area contributed by atoms with Crippen LogP contribution in [0, 0.1) is 11.3 Å². The van der Waals surface area contributed by atoms with Crippen molar-refractivity contribution >= 4 is 17.4 Å². The van der Waals surface area contributed by atoms with Crippen molar-refractivity contribution in [1.29, 1.82) is 0 Å². The Labute approximate surface area is 190 Å². The van der Waals surface area contributed by atoms with E-state index in [-0.39, 0.29) is 17.5 Å². The van der Waals surface area contributed by atoms with Gasteiger partial charge in [0.2, 0.25) is 0 Å². The molecule has 32 heavy (non-hydrogen) atoms. The van der Waals surface area contributed by atoms with E-state index in [4.69, 9.17) is 0 Å². The Morgan fingerprint density at radius 2 is 1.56 bits per heavy atom. The number of aromatic carboxylic acids is 1. The zero-order valence-corrected chi connectivity index (χ0v) is 18.7. The summed E-state index contributed by atoms with van der Waals surface area (Å²) in [7, 11) is 0. The largest absolute Gasteiger partial charge is 0.478 e. The van der Waals surface area contributed by atoms with Crippen molar-refractivity contribution in [2.24, 2.45) is 11.3 Å². The molecule has 4 heteroatoms. The zero-order chi connectivity index (χ0) is 22.1. The molecule has 3 fully saturated rings. The van der Waals surface area contributed by atoms with Gasteiger partial charge in [0.15, 0.2) is 0 Å². The minimum Gasteiger partial charge on any atom is -0.478 e. The smallest absolute Gasteiger partial charge is 0.337 e. The number of carbonyl (C=O) groups is 2. The maximum atomic E-state index is 13.8. The summed E-state index contributed by atoms with van der Waals surface area (Å²) in [6.45, 7) is 0. The van der Waals surface area contributed by atoms with Crippen molar-refractivity contribution in [3.63, 3.8) is 0 Å². The Hall–Kier alpha value is -2.62. The Morgan fingerprint density at radius 3 is 2.28 bits per heavy atom. The summed E-state index contributed by atoms with van der Waals surface area (Å²) in [5.74, 6) is -0.0746. The molecule has 0 bridgehead atoms. The van der Waals surface area contributed by atoms with E-state index in [1.54, 1.807) is 12.1 Å².